The summed E-state index contributed by atoms with van der Waals surface area (Å²) in [6.45, 7) is 0.167. The number of methoxy groups -OCH3 is 1. The second-order valence-corrected chi connectivity index (χ2v) is 5.55. The van der Waals surface area contributed by atoms with E-state index in [1.165, 1.54) is 19.2 Å². The van der Waals surface area contributed by atoms with E-state index in [9.17, 15) is 13.2 Å². The molecule has 0 heterocycles. The van der Waals surface area contributed by atoms with Gasteiger partial charge in [-0.15, -0.1) is 0 Å². The van der Waals surface area contributed by atoms with Crippen LogP contribution in [0.3, 0.4) is 0 Å². The number of rotatable bonds is 5. The average Bonchev–Trinajstić information content (AvgIpc) is 2.27. The zero-order valence-electron chi connectivity index (χ0n) is 9.76. The molecule has 0 radical (unpaired) electrons. The van der Waals surface area contributed by atoms with Gasteiger partial charge < -0.3 is 10.5 Å². The number of sulfone groups is 1. The van der Waals surface area contributed by atoms with Crippen molar-refractivity contribution in [3.05, 3.63) is 23.8 Å². The molecule has 0 fully saturated rings. The van der Waals surface area contributed by atoms with Crippen LogP contribution < -0.4 is 10.5 Å². The zero-order valence-corrected chi connectivity index (χ0v) is 10.6. The number of nitrogens with two attached hydrogens (primary N) is 1. The second kappa shape index (κ2) is 5.29. The predicted octanol–water partition coefficient (Wildman–Crippen LogP) is 0.630. The van der Waals surface area contributed by atoms with Crippen molar-refractivity contribution in [2.45, 2.75) is 11.3 Å². The standard InChI is InChI=1S/C11H15NO4S/c1-16-9-4-3-5-10(17(2,14)15)11(9)8(13)6-7-12/h3-5H,6-7,12H2,1-2H3. The van der Waals surface area contributed by atoms with Gasteiger partial charge in [-0.25, -0.2) is 8.42 Å². The van der Waals surface area contributed by atoms with Gasteiger partial charge in [0.05, 0.1) is 17.6 Å². The van der Waals surface area contributed by atoms with E-state index in [4.69, 9.17) is 10.5 Å². The van der Waals surface area contributed by atoms with Gasteiger partial charge in [0.25, 0.3) is 0 Å². The van der Waals surface area contributed by atoms with E-state index in [2.05, 4.69) is 0 Å². The Kier molecular flexibility index (Phi) is 4.25. The van der Waals surface area contributed by atoms with Gasteiger partial charge in [0.2, 0.25) is 0 Å². The van der Waals surface area contributed by atoms with Crippen LogP contribution in [0.5, 0.6) is 5.75 Å². The maximum absolute atomic E-state index is 11.9. The van der Waals surface area contributed by atoms with Gasteiger partial charge in [-0.05, 0) is 18.7 Å². The molecule has 17 heavy (non-hydrogen) atoms. The molecule has 6 heteroatoms. The minimum absolute atomic E-state index is 0.0182. The quantitative estimate of drug-likeness (QED) is 0.782. The van der Waals surface area contributed by atoms with Crippen LogP contribution in [0.4, 0.5) is 0 Å². The van der Waals surface area contributed by atoms with E-state index in [0.29, 0.717) is 0 Å². The predicted molar refractivity (Wildman–Crippen MR) is 64.1 cm³/mol. The van der Waals surface area contributed by atoms with Crippen LogP contribution in [0.15, 0.2) is 23.1 Å². The fourth-order valence-electron chi connectivity index (χ4n) is 1.52. The average molecular weight is 257 g/mol. The molecule has 0 saturated carbocycles. The Bertz CT molecular complexity index is 522. The minimum atomic E-state index is -3.47. The molecule has 1 aromatic rings. The SMILES string of the molecule is COc1cccc(S(C)(=O)=O)c1C(=O)CCN. The molecule has 0 aliphatic carbocycles. The Morgan fingerprint density at radius 1 is 1.41 bits per heavy atom. The molecule has 1 aromatic carbocycles. The van der Waals surface area contributed by atoms with Crippen molar-refractivity contribution in [1.29, 1.82) is 0 Å². The topological polar surface area (TPSA) is 86.5 Å². The highest BCUT2D eigenvalue weighted by molar-refractivity contribution is 7.90. The summed E-state index contributed by atoms with van der Waals surface area (Å²) in [5.41, 5.74) is 5.39. The van der Waals surface area contributed by atoms with E-state index < -0.39 is 9.84 Å². The lowest BCUT2D eigenvalue weighted by Crippen LogP contribution is -2.13. The number of ether oxygens (including phenoxy) is 1. The van der Waals surface area contributed by atoms with Crippen LogP contribution in [0.2, 0.25) is 0 Å². The molecule has 0 spiro atoms. The molecule has 0 unspecified atom stereocenters. The Balaban J connectivity index is 3.46. The minimum Gasteiger partial charge on any atom is -0.496 e. The maximum atomic E-state index is 11.9. The third-order valence-corrected chi connectivity index (χ3v) is 3.40. The highest BCUT2D eigenvalue weighted by Crippen LogP contribution is 2.27. The molecule has 0 aliphatic rings. The summed E-state index contributed by atoms with van der Waals surface area (Å²) in [5.74, 6) is -0.0725. The fraction of sp³-hybridized carbons (Fsp3) is 0.364. The summed E-state index contributed by atoms with van der Waals surface area (Å²) < 4.78 is 28.2. The number of hydrogen-bond acceptors (Lipinski definition) is 5. The van der Waals surface area contributed by atoms with Crippen molar-refractivity contribution in [2.75, 3.05) is 19.9 Å². The first-order chi connectivity index (χ1) is 7.91. The molecular weight excluding hydrogens is 242 g/mol. The van der Waals surface area contributed by atoms with E-state index in [1.807, 2.05) is 0 Å². The summed E-state index contributed by atoms with van der Waals surface area (Å²) in [4.78, 5) is 11.8. The third-order valence-electron chi connectivity index (χ3n) is 2.26. The van der Waals surface area contributed by atoms with Crippen molar-refractivity contribution >= 4 is 15.6 Å². The number of carbonyl (C=O) groups is 1. The molecule has 0 saturated heterocycles. The van der Waals surface area contributed by atoms with E-state index in [-0.39, 0.29) is 35.0 Å². The first kappa shape index (κ1) is 13.7. The summed E-state index contributed by atoms with van der Waals surface area (Å²) in [6, 6.07) is 4.48. The summed E-state index contributed by atoms with van der Waals surface area (Å²) in [5, 5.41) is 0. The lowest BCUT2D eigenvalue weighted by atomic mass is 10.1. The van der Waals surface area contributed by atoms with Gasteiger partial charge in [0, 0.05) is 12.7 Å². The largest absolute Gasteiger partial charge is 0.496 e. The van der Waals surface area contributed by atoms with Gasteiger partial charge in [-0.2, -0.15) is 0 Å². The highest BCUT2D eigenvalue weighted by atomic mass is 32.2. The summed E-state index contributed by atoms with van der Waals surface area (Å²) in [7, 11) is -2.08. The Hall–Kier alpha value is -1.40. The Labute approximate surface area is 100 Å². The summed E-state index contributed by atoms with van der Waals surface area (Å²) >= 11 is 0. The van der Waals surface area contributed by atoms with E-state index in [1.54, 1.807) is 6.07 Å². The van der Waals surface area contributed by atoms with Crippen LogP contribution in [0.25, 0.3) is 0 Å². The molecule has 0 amide bonds. The second-order valence-electron chi connectivity index (χ2n) is 3.57. The van der Waals surface area contributed by atoms with Crippen LogP contribution in [-0.4, -0.2) is 34.1 Å². The van der Waals surface area contributed by atoms with E-state index >= 15 is 0 Å². The van der Waals surface area contributed by atoms with Crippen molar-refractivity contribution < 1.29 is 17.9 Å². The normalized spacial score (nSPS) is 11.2. The Morgan fingerprint density at radius 2 is 2.06 bits per heavy atom. The van der Waals surface area contributed by atoms with Crippen LogP contribution in [0, 0.1) is 0 Å². The molecule has 0 atom stereocenters. The van der Waals surface area contributed by atoms with Crippen LogP contribution in [0.1, 0.15) is 16.8 Å². The first-order valence-electron chi connectivity index (χ1n) is 5.02. The number of carbonyl (C=O) groups excluding carboxylic acids is 1. The highest BCUT2D eigenvalue weighted by Gasteiger charge is 2.22. The van der Waals surface area contributed by atoms with Gasteiger partial charge in [0.1, 0.15) is 5.75 Å². The molecule has 0 bridgehead atoms. The van der Waals surface area contributed by atoms with Gasteiger partial charge in [0.15, 0.2) is 15.6 Å². The maximum Gasteiger partial charge on any atom is 0.176 e. The van der Waals surface area contributed by atoms with Gasteiger partial charge in [-0.1, -0.05) is 6.07 Å². The Morgan fingerprint density at radius 3 is 2.53 bits per heavy atom. The van der Waals surface area contributed by atoms with Crippen molar-refractivity contribution in [2.24, 2.45) is 5.73 Å². The van der Waals surface area contributed by atoms with Gasteiger partial charge in [-0.3, -0.25) is 4.79 Å². The molecule has 5 nitrogen and oxygen atoms in total. The first-order valence-corrected chi connectivity index (χ1v) is 6.91. The molecule has 94 valence electrons. The molecule has 2 N–H and O–H groups in total. The van der Waals surface area contributed by atoms with Crippen molar-refractivity contribution in [3.63, 3.8) is 0 Å². The number of hydrogen-bond donors (Lipinski definition) is 1. The zero-order chi connectivity index (χ0) is 13.1. The number of Topliss-reactive ketones (excluding diaryl/α,β-unsaturated/α-hetero) is 1. The van der Waals surface area contributed by atoms with Crippen LogP contribution in [-0.2, 0) is 9.84 Å². The fourth-order valence-corrected chi connectivity index (χ4v) is 2.43. The van der Waals surface area contributed by atoms with Crippen molar-refractivity contribution in [3.8, 4) is 5.75 Å². The molecular formula is C11H15NO4S. The monoisotopic (exact) mass is 257 g/mol. The van der Waals surface area contributed by atoms with Gasteiger partial charge >= 0.3 is 0 Å². The molecule has 1 rings (SSSR count). The van der Waals surface area contributed by atoms with Crippen molar-refractivity contribution in [1.82, 2.24) is 0 Å². The number of ketones is 1. The lowest BCUT2D eigenvalue weighted by molar-refractivity contribution is 0.0979. The van der Waals surface area contributed by atoms with Crippen LogP contribution >= 0.6 is 0 Å². The molecule has 0 aromatic heterocycles. The molecule has 0 aliphatic heterocycles. The summed E-state index contributed by atoms with van der Waals surface area (Å²) in [6.07, 6.45) is 1.14. The smallest absolute Gasteiger partial charge is 0.176 e. The lowest BCUT2D eigenvalue weighted by Gasteiger charge is -2.11. The number of benzene rings is 1. The van der Waals surface area contributed by atoms with E-state index in [0.717, 1.165) is 6.26 Å². The third kappa shape index (κ3) is 3.04.